The monoisotopic (exact) mass is 223 g/mol. The summed E-state index contributed by atoms with van der Waals surface area (Å²) in [4.78, 5) is 11.1. The number of unbranched alkanes of at least 4 members (excludes halogenated alkanes) is 1. The van der Waals surface area contributed by atoms with Gasteiger partial charge < -0.3 is 21.9 Å². The van der Waals surface area contributed by atoms with Crippen molar-refractivity contribution in [3.63, 3.8) is 0 Å². The molecule has 0 aliphatic heterocycles. The third kappa shape index (κ3) is 3.43. The van der Waals surface area contributed by atoms with E-state index in [0.29, 0.717) is 23.5 Å². The van der Waals surface area contributed by atoms with Crippen LogP contribution in [0.4, 0.5) is 11.4 Å². The van der Waals surface area contributed by atoms with Crippen LogP contribution < -0.4 is 16.8 Å². The van der Waals surface area contributed by atoms with E-state index in [9.17, 15) is 4.79 Å². The van der Waals surface area contributed by atoms with E-state index >= 15 is 0 Å². The molecule has 0 unspecified atom stereocenters. The number of aliphatic hydroxyl groups excluding tert-OH is 1. The SMILES string of the molecule is NC(=O)c1ccc(N)cc1NCCCCO. The fourth-order valence-electron chi connectivity index (χ4n) is 1.38. The van der Waals surface area contributed by atoms with Gasteiger partial charge in [0.2, 0.25) is 0 Å². The van der Waals surface area contributed by atoms with E-state index < -0.39 is 5.91 Å². The van der Waals surface area contributed by atoms with Crippen molar-refractivity contribution in [1.82, 2.24) is 0 Å². The molecule has 88 valence electrons. The van der Waals surface area contributed by atoms with Crippen LogP contribution in [0.1, 0.15) is 23.2 Å². The van der Waals surface area contributed by atoms with Crippen LogP contribution in [0.15, 0.2) is 18.2 Å². The molecular weight excluding hydrogens is 206 g/mol. The minimum Gasteiger partial charge on any atom is -0.399 e. The molecule has 0 bridgehead atoms. The normalized spacial score (nSPS) is 10.1. The second kappa shape index (κ2) is 5.97. The largest absolute Gasteiger partial charge is 0.399 e. The van der Waals surface area contributed by atoms with Gasteiger partial charge in [0.15, 0.2) is 0 Å². The molecule has 0 fully saturated rings. The zero-order valence-corrected chi connectivity index (χ0v) is 9.07. The van der Waals surface area contributed by atoms with Crippen LogP contribution >= 0.6 is 0 Å². The Labute approximate surface area is 94.4 Å². The first kappa shape index (κ1) is 12.3. The highest BCUT2D eigenvalue weighted by Crippen LogP contribution is 2.18. The molecule has 0 spiro atoms. The molecule has 0 aliphatic rings. The number of nitrogens with two attached hydrogens (primary N) is 2. The molecule has 16 heavy (non-hydrogen) atoms. The van der Waals surface area contributed by atoms with Crippen molar-refractivity contribution in [2.75, 3.05) is 24.2 Å². The molecule has 0 radical (unpaired) electrons. The van der Waals surface area contributed by atoms with Gasteiger partial charge in [-0.1, -0.05) is 0 Å². The van der Waals surface area contributed by atoms with E-state index in [2.05, 4.69) is 5.32 Å². The molecule has 6 N–H and O–H groups in total. The number of nitrogen functional groups attached to an aromatic ring is 1. The topological polar surface area (TPSA) is 101 Å². The van der Waals surface area contributed by atoms with E-state index in [1.165, 1.54) is 0 Å². The van der Waals surface area contributed by atoms with Gasteiger partial charge >= 0.3 is 0 Å². The summed E-state index contributed by atoms with van der Waals surface area (Å²) < 4.78 is 0. The van der Waals surface area contributed by atoms with Crippen LogP contribution in [0.3, 0.4) is 0 Å². The van der Waals surface area contributed by atoms with Crippen molar-refractivity contribution < 1.29 is 9.90 Å². The van der Waals surface area contributed by atoms with Gasteiger partial charge in [0.05, 0.1) is 5.56 Å². The lowest BCUT2D eigenvalue weighted by molar-refractivity contribution is 0.100. The summed E-state index contributed by atoms with van der Waals surface area (Å²) >= 11 is 0. The Hall–Kier alpha value is -1.75. The lowest BCUT2D eigenvalue weighted by Crippen LogP contribution is -2.15. The van der Waals surface area contributed by atoms with E-state index in [1.807, 2.05) is 0 Å². The van der Waals surface area contributed by atoms with Gasteiger partial charge in [0.1, 0.15) is 0 Å². The molecule has 5 nitrogen and oxygen atoms in total. The van der Waals surface area contributed by atoms with Gasteiger partial charge in [-0.2, -0.15) is 0 Å². The number of hydrogen-bond acceptors (Lipinski definition) is 4. The molecule has 0 aromatic heterocycles. The first-order valence-corrected chi connectivity index (χ1v) is 5.19. The van der Waals surface area contributed by atoms with E-state index in [-0.39, 0.29) is 6.61 Å². The molecule has 0 saturated carbocycles. The van der Waals surface area contributed by atoms with Crippen molar-refractivity contribution >= 4 is 17.3 Å². The molecule has 0 heterocycles. The Bertz CT molecular complexity index is 366. The van der Waals surface area contributed by atoms with Crippen LogP contribution in [0, 0.1) is 0 Å². The van der Waals surface area contributed by atoms with E-state index in [0.717, 1.165) is 12.8 Å². The highest BCUT2D eigenvalue weighted by molar-refractivity contribution is 5.99. The third-order valence-corrected chi connectivity index (χ3v) is 2.21. The number of aliphatic hydroxyl groups is 1. The van der Waals surface area contributed by atoms with Gasteiger partial charge in [-0.05, 0) is 31.0 Å². The van der Waals surface area contributed by atoms with E-state index in [1.54, 1.807) is 18.2 Å². The maximum absolute atomic E-state index is 11.1. The number of benzene rings is 1. The lowest BCUT2D eigenvalue weighted by Gasteiger charge is -2.10. The van der Waals surface area contributed by atoms with Gasteiger partial charge in [0, 0.05) is 24.5 Å². The molecule has 0 atom stereocenters. The number of primary amides is 1. The highest BCUT2D eigenvalue weighted by atomic mass is 16.2. The van der Waals surface area contributed by atoms with Gasteiger partial charge in [0.25, 0.3) is 5.91 Å². The smallest absolute Gasteiger partial charge is 0.250 e. The van der Waals surface area contributed by atoms with Crippen LogP contribution in [0.25, 0.3) is 0 Å². The first-order valence-electron chi connectivity index (χ1n) is 5.19. The number of hydrogen-bond donors (Lipinski definition) is 4. The second-order valence-corrected chi connectivity index (χ2v) is 3.53. The molecule has 1 rings (SSSR count). The van der Waals surface area contributed by atoms with Gasteiger partial charge in [-0.25, -0.2) is 0 Å². The lowest BCUT2D eigenvalue weighted by atomic mass is 10.1. The number of amides is 1. The zero-order valence-electron chi connectivity index (χ0n) is 9.07. The Morgan fingerprint density at radius 3 is 2.75 bits per heavy atom. The van der Waals surface area contributed by atoms with Crippen LogP contribution in [-0.4, -0.2) is 24.2 Å². The maximum Gasteiger partial charge on any atom is 0.250 e. The minimum absolute atomic E-state index is 0.168. The second-order valence-electron chi connectivity index (χ2n) is 3.53. The van der Waals surface area contributed by atoms with Crippen molar-refractivity contribution in [1.29, 1.82) is 0 Å². The van der Waals surface area contributed by atoms with Gasteiger partial charge in [-0.15, -0.1) is 0 Å². The van der Waals surface area contributed by atoms with Crippen molar-refractivity contribution in [3.8, 4) is 0 Å². The fraction of sp³-hybridized carbons (Fsp3) is 0.364. The molecule has 1 aromatic carbocycles. The molecule has 5 heteroatoms. The summed E-state index contributed by atoms with van der Waals surface area (Å²) in [6.07, 6.45) is 1.55. The zero-order chi connectivity index (χ0) is 12.0. The first-order chi connectivity index (χ1) is 7.65. The van der Waals surface area contributed by atoms with Gasteiger partial charge in [-0.3, -0.25) is 4.79 Å². The molecule has 1 amide bonds. The molecule has 1 aromatic rings. The predicted octanol–water partition coefficient (Wildman–Crippen LogP) is 0.552. The summed E-state index contributed by atoms with van der Waals surface area (Å²) in [5.41, 5.74) is 12.5. The fourth-order valence-corrected chi connectivity index (χ4v) is 1.38. The quantitative estimate of drug-likeness (QED) is 0.418. The summed E-state index contributed by atoms with van der Waals surface area (Å²) in [6.45, 7) is 0.839. The minimum atomic E-state index is -0.482. The third-order valence-electron chi connectivity index (χ3n) is 2.21. The number of nitrogens with one attached hydrogen (secondary N) is 1. The molecule has 0 aliphatic carbocycles. The van der Waals surface area contributed by atoms with Crippen molar-refractivity contribution in [2.45, 2.75) is 12.8 Å². The summed E-state index contributed by atoms with van der Waals surface area (Å²) in [5.74, 6) is -0.482. The summed E-state index contributed by atoms with van der Waals surface area (Å²) in [7, 11) is 0. The number of carbonyl (C=O) groups is 1. The Balaban J connectivity index is 2.68. The average molecular weight is 223 g/mol. The maximum atomic E-state index is 11.1. The van der Waals surface area contributed by atoms with Crippen molar-refractivity contribution in [2.24, 2.45) is 5.73 Å². The van der Waals surface area contributed by atoms with Crippen LogP contribution in [0.5, 0.6) is 0 Å². The Morgan fingerprint density at radius 2 is 2.12 bits per heavy atom. The average Bonchev–Trinajstić information content (AvgIpc) is 2.24. The standard InChI is InChI=1S/C11H17N3O2/c12-8-3-4-9(11(13)16)10(7-8)14-5-1-2-6-15/h3-4,7,14-15H,1-2,5-6,12H2,(H2,13,16). The summed E-state index contributed by atoms with van der Waals surface area (Å²) in [5, 5.41) is 11.7. The number of anilines is 2. The van der Waals surface area contributed by atoms with Crippen LogP contribution in [0.2, 0.25) is 0 Å². The molecular formula is C11H17N3O2. The van der Waals surface area contributed by atoms with E-state index in [4.69, 9.17) is 16.6 Å². The Morgan fingerprint density at radius 1 is 1.38 bits per heavy atom. The Kier molecular flexibility index (Phi) is 4.60. The van der Waals surface area contributed by atoms with Crippen LogP contribution in [-0.2, 0) is 0 Å². The highest BCUT2D eigenvalue weighted by Gasteiger charge is 2.07. The molecule has 0 saturated heterocycles. The van der Waals surface area contributed by atoms with Crippen molar-refractivity contribution in [3.05, 3.63) is 23.8 Å². The number of rotatable bonds is 6. The number of carbonyl (C=O) groups excluding carboxylic acids is 1. The summed E-state index contributed by atoms with van der Waals surface area (Å²) in [6, 6.07) is 4.92. The predicted molar refractivity (Wildman–Crippen MR) is 64.2 cm³/mol.